The summed E-state index contributed by atoms with van der Waals surface area (Å²) in [6, 6.07) is 8.14. The molecule has 2 aromatic rings. The number of piperidine rings is 1. The molecule has 4 nitrogen and oxygen atoms in total. The van der Waals surface area contributed by atoms with Crippen molar-refractivity contribution in [3.8, 4) is 0 Å². The van der Waals surface area contributed by atoms with Gasteiger partial charge in [0.1, 0.15) is 0 Å². The highest BCUT2D eigenvalue weighted by Gasteiger charge is 2.37. The lowest BCUT2D eigenvalue weighted by Crippen LogP contribution is -2.44. The Labute approximate surface area is 144 Å². The molecule has 0 aliphatic carbocycles. The maximum atomic E-state index is 12.5. The first-order valence-electron chi connectivity index (χ1n) is 8.21. The zero-order valence-electron chi connectivity index (χ0n) is 13.1. The van der Waals surface area contributed by atoms with Crippen molar-refractivity contribution in [2.24, 2.45) is 5.41 Å². The first-order valence-corrected chi connectivity index (χ1v) is 10.0. The van der Waals surface area contributed by atoms with Gasteiger partial charge in [-0.25, -0.2) is 4.98 Å². The van der Waals surface area contributed by atoms with Crippen LogP contribution in [0.5, 0.6) is 0 Å². The van der Waals surface area contributed by atoms with E-state index < -0.39 is 0 Å². The van der Waals surface area contributed by atoms with E-state index in [0.29, 0.717) is 11.2 Å². The van der Waals surface area contributed by atoms with Crippen LogP contribution in [0, 0.1) is 5.41 Å². The Hall–Kier alpha value is -1.11. The molecule has 0 bridgehead atoms. The van der Waals surface area contributed by atoms with Crippen molar-refractivity contribution in [1.29, 1.82) is 0 Å². The van der Waals surface area contributed by atoms with Gasteiger partial charge in [0.25, 0.3) is 0 Å². The van der Waals surface area contributed by atoms with Crippen molar-refractivity contribution in [2.45, 2.75) is 23.6 Å². The molecule has 0 radical (unpaired) electrons. The summed E-state index contributed by atoms with van der Waals surface area (Å²) in [6.07, 6.45) is 3.57. The molecule has 2 fully saturated rings. The second-order valence-electron chi connectivity index (χ2n) is 6.54. The minimum absolute atomic E-state index is 0.259. The van der Waals surface area contributed by atoms with Crippen LogP contribution in [0.25, 0.3) is 10.2 Å². The number of thiazole rings is 1. The van der Waals surface area contributed by atoms with Gasteiger partial charge in [-0.15, -0.1) is 11.3 Å². The predicted octanol–water partition coefficient (Wildman–Crippen LogP) is 2.99. The molecule has 1 aromatic heterocycles. The van der Waals surface area contributed by atoms with Gasteiger partial charge in [0.05, 0.1) is 16.0 Å². The van der Waals surface area contributed by atoms with Gasteiger partial charge in [-0.3, -0.25) is 4.79 Å². The fourth-order valence-electron chi connectivity index (χ4n) is 3.58. The average Bonchev–Trinajstić information content (AvgIpc) is 3.20. The van der Waals surface area contributed by atoms with E-state index in [-0.39, 0.29) is 5.91 Å². The van der Waals surface area contributed by atoms with Crippen molar-refractivity contribution in [3.63, 3.8) is 0 Å². The molecule has 0 atom stereocenters. The number of hydrogen-bond donors (Lipinski definition) is 1. The standard InChI is InChI=1S/C17H21N3OS2/c21-15(20-9-6-17(7-10-20)5-8-18-12-17)11-22-16-19-13-3-1-2-4-14(13)23-16/h1-4,18H,5-12H2. The number of carbonyl (C=O) groups is 1. The lowest BCUT2D eigenvalue weighted by molar-refractivity contribution is -0.130. The number of likely N-dealkylation sites (tertiary alicyclic amines) is 1. The highest BCUT2D eigenvalue weighted by Crippen LogP contribution is 2.37. The third-order valence-electron chi connectivity index (χ3n) is 5.10. The SMILES string of the molecule is O=C(CSc1nc2ccccc2s1)N1CCC2(CCNC2)CC1. The number of nitrogens with one attached hydrogen (secondary N) is 1. The maximum absolute atomic E-state index is 12.5. The van der Waals surface area contributed by atoms with Crippen LogP contribution in [0.1, 0.15) is 19.3 Å². The van der Waals surface area contributed by atoms with Crippen molar-refractivity contribution in [2.75, 3.05) is 31.9 Å². The monoisotopic (exact) mass is 347 g/mol. The van der Waals surface area contributed by atoms with Crippen LogP contribution in [-0.4, -0.2) is 47.7 Å². The van der Waals surface area contributed by atoms with Gasteiger partial charge in [-0.1, -0.05) is 23.9 Å². The fourth-order valence-corrected chi connectivity index (χ4v) is 5.55. The summed E-state index contributed by atoms with van der Waals surface area (Å²) in [5, 5.41) is 3.47. The topological polar surface area (TPSA) is 45.2 Å². The van der Waals surface area contributed by atoms with E-state index in [0.717, 1.165) is 48.9 Å². The zero-order chi connectivity index (χ0) is 15.7. The Balaban J connectivity index is 1.32. The van der Waals surface area contributed by atoms with E-state index in [1.807, 2.05) is 23.1 Å². The number of benzene rings is 1. The molecule has 122 valence electrons. The van der Waals surface area contributed by atoms with Crippen molar-refractivity contribution in [1.82, 2.24) is 15.2 Å². The largest absolute Gasteiger partial charge is 0.342 e. The molecule has 4 rings (SSSR count). The summed E-state index contributed by atoms with van der Waals surface area (Å²) in [5.41, 5.74) is 1.50. The number of hydrogen-bond acceptors (Lipinski definition) is 5. The lowest BCUT2D eigenvalue weighted by atomic mass is 9.78. The quantitative estimate of drug-likeness (QED) is 0.867. The van der Waals surface area contributed by atoms with Crippen LogP contribution in [0.15, 0.2) is 28.6 Å². The Kier molecular flexibility index (Phi) is 4.30. The summed E-state index contributed by atoms with van der Waals surface area (Å²) in [6.45, 7) is 4.11. The lowest BCUT2D eigenvalue weighted by Gasteiger charge is -2.38. The molecule has 0 unspecified atom stereocenters. The van der Waals surface area contributed by atoms with Gasteiger partial charge < -0.3 is 10.2 Å². The Morgan fingerprint density at radius 1 is 1.30 bits per heavy atom. The Morgan fingerprint density at radius 3 is 2.87 bits per heavy atom. The van der Waals surface area contributed by atoms with Gasteiger partial charge in [-0.05, 0) is 43.4 Å². The Morgan fingerprint density at radius 2 is 2.13 bits per heavy atom. The maximum Gasteiger partial charge on any atom is 0.233 e. The van der Waals surface area contributed by atoms with Gasteiger partial charge in [0, 0.05) is 19.6 Å². The molecule has 2 aliphatic heterocycles. The molecule has 2 aliphatic rings. The number of aromatic nitrogens is 1. The third-order valence-corrected chi connectivity index (χ3v) is 7.27. The van der Waals surface area contributed by atoms with Crippen LogP contribution < -0.4 is 5.32 Å². The smallest absolute Gasteiger partial charge is 0.233 e. The summed E-state index contributed by atoms with van der Waals surface area (Å²) in [4.78, 5) is 19.1. The second-order valence-corrected chi connectivity index (χ2v) is 8.80. The number of nitrogens with zero attached hydrogens (tertiary/aromatic N) is 2. The van der Waals surface area contributed by atoms with Gasteiger partial charge in [-0.2, -0.15) is 0 Å². The molecule has 23 heavy (non-hydrogen) atoms. The number of para-hydroxylation sites is 1. The van der Waals surface area contributed by atoms with Crippen molar-refractivity contribution in [3.05, 3.63) is 24.3 Å². The van der Waals surface area contributed by atoms with E-state index >= 15 is 0 Å². The molecule has 6 heteroatoms. The molecule has 2 saturated heterocycles. The van der Waals surface area contributed by atoms with Crippen LogP contribution in [0.3, 0.4) is 0 Å². The molecule has 1 aromatic carbocycles. The summed E-state index contributed by atoms with van der Waals surface area (Å²) in [5.74, 6) is 0.764. The molecule has 3 heterocycles. The third kappa shape index (κ3) is 3.25. The molecular formula is C17H21N3OS2. The van der Waals surface area contributed by atoms with Crippen LogP contribution >= 0.6 is 23.1 Å². The number of amides is 1. The second kappa shape index (κ2) is 6.42. The molecular weight excluding hydrogens is 326 g/mol. The van der Waals surface area contributed by atoms with Gasteiger partial charge in [0.2, 0.25) is 5.91 Å². The first kappa shape index (κ1) is 15.4. The number of rotatable bonds is 3. The van der Waals surface area contributed by atoms with Crippen molar-refractivity contribution >= 4 is 39.2 Å². The first-order chi connectivity index (χ1) is 11.2. The van der Waals surface area contributed by atoms with Crippen molar-refractivity contribution < 1.29 is 4.79 Å². The van der Waals surface area contributed by atoms with E-state index in [2.05, 4.69) is 16.4 Å². The van der Waals surface area contributed by atoms with E-state index in [1.54, 1.807) is 23.1 Å². The van der Waals surface area contributed by atoms with E-state index in [4.69, 9.17) is 0 Å². The summed E-state index contributed by atoms with van der Waals surface area (Å²) in [7, 11) is 0. The van der Waals surface area contributed by atoms with Gasteiger partial charge >= 0.3 is 0 Å². The molecule has 1 N–H and O–H groups in total. The highest BCUT2D eigenvalue weighted by molar-refractivity contribution is 8.01. The summed E-state index contributed by atoms with van der Waals surface area (Å²) >= 11 is 3.25. The fraction of sp³-hybridized carbons (Fsp3) is 0.529. The normalized spacial score (nSPS) is 20.4. The Bertz CT molecular complexity index is 666. The predicted molar refractivity (Wildman–Crippen MR) is 96.1 cm³/mol. The minimum Gasteiger partial charge on any atom is -0.342 e. The number of thioether (sulfide) groups is 1. The van der Waals surface area contributed by atoms with Crippen LogP contribution in [0.4, 0.5) is 0 Å². The number of fused-ring (bicyclic) bond motifs is 1. The van der Waals surface area contributed by atoms with Gasteiger partial charge in [0.15, 0.2) is 4.34 Å². The zero-order valence-corrected chi connectivity index (χ0v) is 14.7. The van der Waals surface area contributed by atoms with Crippen LogP contribution in [0.2, 0.25) is 0 Å². The van der Waals surface area contributed by atoms with E-state index in [1.165, 1.54) is 11.1 Å². The molecule has 0 saturated carbocycles. The number of carbonyl (C=O) groups excluding carboxylic acids is 1. The molecule has 1 spiro atoms. The molecule has 1 amide bonds. The summed E-state index contributed by atoms with van der Waals surface area (Å²) < 4.78 is 2.18. The highest BCUT2D eigenvalue weighted by atomic mass is 32.2. The minimum atomic E-state index is 0.259. The van der Waals surface area contributed by atoms with Crippen LogP contribution in [-0.2, 0) is 4.79 Å². The van der Waals surface area contributed by atoms with E-state index in [9.17, 15) is 4.79 Å². The average molecular weight is 348 g/mol.